The molecule has 4 rings (SSSR count). The molecule has 3 heterocycles. The van der Waals surface area contributed by atoms with Gasteiger partial charge in [-0.2, -0.15) is 0 Å². The molecule has 0 aliphatic carbocycles. The summed E-state index contributed by atoms with van der Waals surface area (Å²) in [5.41, 5.74) is 1.31. The van der Waals surface area contributed by atoms with Gasteiger partial charge in [0.1, 0.15) is 17.8 Å². The van der Waals surface area contributed by atoms with Crippen LogP contribution < -0.4 is 9.47 Å². The van der Waals surface area contributed by atoms with Crippen molar-refractivity contribution in [3.8, 4) is 23.0 Å². The van der Waals surface area contributed by atoms with Crippen LogP contribution in [-0.4, -0.2) is 48.3 Å². The maximum absolute atomic E-state index is 12.9. The minimum absolute atomic E-state index is 0.0414. The number of nitrogens with zero attached hydrogens (tertiary/aromatic N) is 3. The fraction of sp³-hybridized carbons (Fsp3) is 0.350. The molecule has 0 saturated carbocycles. The Morgan fingerprint density at radius 3 is 2.43 bits per heavy atom. The zero-order chi connectivity index (χ0) is 19.5. The highest BCUT2D eigenvalue weighted by Crippen LogP contribution is 2.31. The van der Waals surface area contributed by atoms with Crippen molar-refractivity contribution in [1.29, 1.82) is 0 Å². The lowest BCUT2D eigenvalue weighted by atomic mass is 9.96. The molecule has 1 aromatic carbocycles. The quantitative estimate of drug-likeness (QED) is 0.667. The predicted molar refractivity (Wildman–Crippen MR) is 99.4 cm³/mol. The van der Waals surface area contributed by atoms with E-state index in [0.717, 1.165) is 18.4 Å². The van der Waals surface area contributed by atoms with Crippen LogP contribution in [0.15, 0.2) is 45.6 Å². The highest BCUT2D eigenvalue weighted by molar-refractivity contribution is 5.95. The van der Waals surface area contributed by atoms with Crippen molar-refractivity contribution in [2.45, 2.75) is 18.8 Å². The largest absolute Gasteiger partial charge is 0.497 e. The van der Waals surface area contributed by atoms with E-state index in [2.05, 4.69) is 10.2 Å². The van der Waals surface area contributed by atoms with Gasteiger partial charge in [-0.3, -0.25) is 4.79 Å². The van der Waals surface area contributed by atoms with Crippen LogP contribution in [0.25, 0.3) is 11.5 Å². The number of likely N-dealkylation sites (tertiary alicyclic amines) is 1. The molecular weight excluding hydrogens is 362 g/mol. The van der Waals surface area contributed by atoms with E-state index < -0.39 is 0 Å². The van der Waals surface area contributed by atoms with Gasteiger partial charge in [-0.15, -0.1) is 10.2 Å². The molecule has 146 valence electrons. The summed E-state index contributed by atoms with van der Waals surface area (Å²) in [6, 6.07) is 6.98. The van der Waals surface area contributed by atoms with Gasteiger partial charge < -0.3 is 23.2 Å². The number of furan rings is 1. The van der Waals surface area contributed by atoms with Gasteiger partial charge in [-0.25, -0.2) is 0 Å². The first-order valence-electron chi connectivity index (χ1n) is 9.06. The van der Waals surface area contributed by atoms with Crippen LogP contribution in [-0.2, 0) is 0 Å². The molecule has 28 heavy (non-hydrogen) atoms. The second-order valence-electron chi connectivity index (χ2n) is 6.63. The van der Waals surface area contributed by atoms with Crippen LogP contribution in [0.1, 0.15) is 35.0 Å². The predicted octanol–water partition coefficient (Wildman–Crippen LogP) is 3.37. The molecule has 8 heteroatoms. The van der Waals surface area contributed by atoms with Crippen LogP contribution in [0, 0.1) is 0 Å². The molecule has 1 amide bonds. The molecule has 0 bridgehead atoms. The lowest BCUT2D eigenvalue weighted by Gasteiger charge is -2.30. The molecule has 1 fully saturated rings. The summed E-state index contributed by atoms with van der Waals surface area (Å²) in [5, 5.41) is 8.26. The zero-order valence-electron chi connectivity index (χ0n) is 15.8. The molecular formula is C20H21N3O5. The van der Waals surface area contributed by atoms with Crippen LogP contribution in [0.3, 0.4) is 0 Å². The van der Waals surface area contributed by atoms with Gasteiger partial charge in [0.15, 0.2) is 0 Å². The SMILES string of the molecule is COc1cc(OC)cc(C(=O)N2CCC(c3nnc(-c4ccoc4)o3)CC2)c1. The number of carbonyl (C=O) groups is 1. The molecule has 2 aromatic heterocycles. The Labute approximate surface area is 162 Å². The highest BCUT2D eigenvalue weighted by atomic mass is 16.5. The molecule has 3 aromatic rings. The summed E-state index contributed by atoms with van der Waals surface area (Å²) in [5.74, 6) is 2.33. The summed E-state index contributed by atoms with van der Waals surface area (Å²) in [6.07, 6.45) is 4.66. The zero-order valence-corrected chi connectivity index (χ0v) is 15.8. The number of methoxy groups -OCH3 is 2. The first kappa shape index (κ1) is 18.1. The number of carbonyl (C=O) groups excluding carboxylic acids is 1. The van der Waals surface area contributed by atoms with Crippen molar-refractivity contribution in [1.82, 2.24) is 15.1 Å². The van der Waals surface area contributed by atoms with E-state index in [1.165, 1.54) is 0 Å². The van der Waals surface area contributed by atoms with Gasteiger partial charge in [0, 0.05) is 30.6 Å². The van der Waals surface area contributed by atoms with E-state index in [9.17, 15) is 4.79 Å². The van der Waals surface area contributed by atoms with Crippen LogP contribution >= 0.6 is 0 Å². The highest BCUT2D eigenvalue weighted by Gasteiger charge is 2.28. The fourth-order valence-electron chi connectivity index (χ4n) is 3.35. The molecule has 0 atom stereocenters. The molecule has 1 saturated heterocycles. The number of rotatable bonds is 5. The first-order chi connectivity index (χ1) is 13.7. The van der Waals surface area contributed by atoms with E-state index in [4.69, 9.17) is 18.3 Å². The smallest absolute Gasteiger partial charge is 0.254 e. The summed E-state index contributed by atoms with van der Waals surface area (Å²) in [7, 11) is 3.13. The van der Waals surface area contributed by atoms with Crippen molar-refractivity contribution >= 4 is 5.91 Å². The normalized spacial score (nSPS) is 14.9. The van der Waals surface area contributed by atoms with E-state index in [-0.39, 0.29) is 11.8 Å². The number of aromatic nitrogens is 2. The van der Waals surface area contributed by atoms with E-state index >= 15 is 0 Å². The number of hydrogen-bond acceptors (Lipinski definition) is 7. The minimum atomic E-state index is -0.0414. The monoisotopic (exact) mass is 383 g/mol. The topological polar surface area (TPSA) is 90.8 Å². The van der Waals surface area contributed by atoms with Crippen LogP contribution in [0.2, 0.25) is 0 Å². The molecule has 0 spiro atoms. The molecule has 0 radical (unpaired) electrons. The Hall–Kier alpha value is -3.29. The third-order valence-corrected chi connectivity index (χ3v) is 4.94. The van der Waals surface area contributed by atoms with Gasteiger partial charge >= 0.3 is 0 Å². The first-order valence-corrected chi connectivity index (χ1v) is 9.06. The van der Waals surface area contributed by atoms with Crippen molar-refractivity contribution < 1.29 is 23.1 Å². The molecule has 1 aliphatic rings. The Kier molecular flexibility index (Phi) is 5.01. The Bertz CT molecular complexity index is 920. The second-order valence-corrected chi connectivity index (χ2v) is 6.63. The Balaban J connectivity index is 1.42. The number of ether oxygens (including phenoxy) is 2. The van der Waals surface area contributed by atoms with E-state index in [1.807, 2.05) is 4.90 Å². The number of benzene rings is 1. The van der Waals surface area contributed by atoms with Crippen molar-refractivity contribution in [3.05, 3.63) is 48.2 Å². The summed E-state index contributed by atoms with van der Waals surface area (Å²) in [6.45, 7) is 1.24. The third kappa shape index (κ3) is 3.58. The molecule has 8 nitrogen and oxygen atoms in total. The fourth-order valence-corrected chi connectivity index (χ4v) is 3.35. The summed E-state index contributed by atoms with van der Waals surface area (Å²) < 4.78 is 21.4. The van der Waals surface area contributed by atoms with Gasteiger partial charge in [-0.05, 0) is 31.0 Å². The lowest BCUT2D eigenvalue weighted by molar-refractivity contribution is 0.0705. The maximum atomic E-state index is 12.9. The Morgan fingerprint density at radius 2 is 1.82 bits per heavy atom. The van der Waals surface area contributed by atoms with Gasteiger partial charge in [-0.1, -0.05) is 0 Å². The summed E-state index contributed by atoms with van der Waals surface area (Å²) in [4.78, 5) is 14.7. The standard InChI is InChI=1S/C20H21N3O5/c1-25-16-9-15(10-17(11-16)26-2)20(24)23-6-3-13(4-7-23)18-21-22-19(28-18)14-5-8-27-12-14/h5,8-13H,3-4,6-7H2,1-2H3. The summed E-state index contributed by atoms with van der Waals surface area (Å²) >= 11 is 0. The van der Waals surface area contributed by atoms with Crippen LogP contribution in [0.5, 0.6) is 11.5 Å². The second kappa shape index (κ2) is 7.75. The maximum Gasteiger partial charge on any atom is 0.254 e. The van der Waals surface area contributed by atoms with Crippen molar-refractivity contribution in [2.24, 2.45) is 0 Å². The average Bonchev–Trinajstić information content (AvgIpc) is 3.44. The van der Waals surface area contributed by atoms with Gasteiger partial charge in [0.25, 0.3) is 11.8 Å². The minimum Gasteiger partial charge on any atom is -0.497 e. The van der Waals surface area contributed by atoms with E-state index in [1.54, 1.807) is 51.0 Å². The van der Waals surface area contributed by atoms with Crippen molar-refractivity contribution in [3.63, 3.8) is 0 Å². The molecule has 0 unspecified atom stereocenters. The molecule has 0 N–H and O–H groups in total. The third-order valence-electron chi connectivity index (χ3n) is 4.94. The average molecular weight is 383 g/mol. The number of hydrogen-bond donors (Lipinski definition) is 0. The van der Waals surface area contributed by atoms with Gasteiger partial charge in [0.2, 0.25) is 5.89 Å². The van der Waals surface area contributed by atoms with E-state index in [0.29, 0.717) is 41.9 Å². The number of piperidine rings is 1. The number of amides is 1. The van der Waals surface area contributed by atoms with Crippen LogP contribution in [0.4, 0.5) is 0 Å². The van der Waals surface area contributed by atoms with Crippen molar-refractivity contribution in [2.75, 3.05) is 27.3 Å². The van der Waals surface area contributed by atoms with Gasteiger partial charge in [0.05, 0.1) is 26.0 Å². The molecule has 1 aliphatic heterocycles. The Morgan fingerprint density at radius 1 is 1.11 bits per heavy atom. The lowest BCUT2D eigenvalue weighted by Crippen LogP contribution is -2.38.